The number of sulfone groups is 1. The summed E-state index contributed by atoms with van der Waals surface area (Å²) in [5.41, 5.74) is 2.41. The number of hydrogen-bond donors (Lipinski definition) is 1. The summed E-state index contributed by atoms with van der Waals surface area (Å²) in [7, 11) is -2.83. The van der Waals surface area contributed by atoms with Crippen molar-refractivity contribution in [3.05, 3.63) is 29.6 Å². The predicted molar refractivity (Wildman–Crippen MR) is 70.1 cm³/mol. The molecule has 1 fully saturated rings. The summed E-state index contributed by atoms with van der Waals surface area (Å²) in [6.07, 6.45) is 5.62. The first-order valence-corrected chi connectivity index (χ1v) is 8.36. The summed E-state index contributed by atoms with van der Waals surface area (Å²) in [6, 6.07) is 4.41. The Balaban J connectivity index is 1.71. The van der Waals surface area contributed by atoms with Crippen molar-refractivity contribution in [1.29, 1.82) is 0 Å². The molecular weight excluding hydrogens is 248 g/mol. The molecule has 0 amide bonds. The van der Waals surface area contributed by atoms with Gasteiger partial charge in [0.1, 0.15) is 0 Å². The van der Waals surface area contributed by atoms with Crippen LogP contribution in [0.5, 0.6) is 0 Å². The maximum absolute atomic E-state index is 11.6. The molecular formula is C13H18N2O2S. The monoisotopic (exact) mass is 266 g/mol. The van der Waals surface area contributed by atoms with Gasteiger partial charge in [0.05, 0.1) is 23.2 Å². The molecule has 2 atom stereocenters. The van der Waals surface area contributed by atoms with Crippen molar-refractivity contribution in [3.8, 4) is 0 Å². The third-order valence-electron chi connectivity index (χ3n) is 3.86. The van der Waals surface area contributed by atoms with E-state index in [1.165, 1.54) is 5.56 Å². The van der Waals surface area contributed by atoms with E-state index in [-0.39, 0.29) is 17.8 Å². The Morgan fingerprint density at radius 1 is 1.33 bits per heavy atom. The summed E-state index contributed by atoms with van der Waals surface area (Å²) in [5, 5.41) is 3.49. The van der Waals surface area contributed by atoms with Gasteiger partial charge in [-0.05, 0) is 37.3 Å². The van der Waals surface area contributed by atoms with Crippen molar-refractivity contribution in [3.63, 3.8) is 0 Å². The normalized spacial score (nSPS) is 30.0. The minimum atomic E-state index is -2.83. The van der Waals surface area contributed by atoms with Gasteiger partial charge >= 0.3 is 0 Å². The highest BCUT2D eigenvalue weighted by Crippen LogP contribution is 2.30. The van der Waals surface area contributed by atoms with Crippen LogP contribution in [0.1, 0.15) is 36.6 Å². The van der Waals surface area contributed by atoms with E-state index in [1.807, 2.05) is 12.3 Å². The van der Waals surface area contributed by atoms with Gasteiger partial charge in [-0.25, -0.2) is 8.42 Å². The lowest BCUT2D eigenvalue weighted by Crippen LogP contribution is -2.41. The van der Waals surface area contributed by atoms with Gasteiger partial charge in [-0.2, -0.15) is 0 Å². The molecule has 0 radical (unpaired) electrons. The molecule has 1 N–H and O–H groups in total. The van der Waals surface area contributed by atoms with Crippen molar-refractivity contribution >= 4 is 9.84 Å². The van der Waals surface area contributed by atoms with Gasteiger partial charge in [-0.3, -0.25) is 4.98 Å². The van der Waals surface area contributed by atoms with Crippen molar-refractivity contribution in [2.75, 3.05) is 11.5 Å². The van der Waals surface area contributed by atoms with Crippen LogP contribution in [0, 0.1) is 0 Å². The molecule has 0 spiro atoms. The number of aryl methyl sites for hydroxylation is 1. The van der Waals surface area contributed by atoms with E-state index >= 15 is 0 Å². The van der Waals surface area contributed by atoms with E-state index in [1.54, 1.807) is 0 Å². The second kappa shape index (κ2) is 4.63. The highest BCUT2D eigenvalue weighted by molar-refractivity contribution is 7.91. The van der Waals surface area contributed by atoms with Crippen molar-refractivity contribution in [2.45, 2.75) is 37.8 Å². The number of hydrogen-bond acceptors (Lipinski definition) is 4. The molecule has 5 heteroatoms. The van der Waals surface area contributed by atoms with E-state index in [2.05, 4.69) is 16.4 Å². The molecule has 1 saturated heterocycles. The molecule has 2 heterocycles. The maximum atomic E-state index is 11.6. The highest BCUT2D eigenvalue weighted by Gasteiger charge is 2.30. The van der Waals surface area contributed by atoms with E-state index in [0.717, 1.165) is 31.4 Å². The van der Waals surface area contributed by atoms with Crippen LogP contribution in [-0.4, -0.2) is 30.9 Å². The van der Waals surface area contributed by atoms with Gasteiger partial charge in [-0.15, -0.1) is 0 Å². The molecule has 1 aliphatic carbocycles. The largest absolute Gasteiger partial charge is 0.305 e. The zero-order chi connectivity index (χ0) is 12.6. The van der Waals surface area contributed by atoms with Crippen LogP contribution < -0.4 is 5.32 Å². The third kappa shape index (κ3) is 2.42. The summed E-state index contributed by atoms with van der Waals surface area (Å²) in [5.74, 6) is 0.635. The molecule has 3 rings (SSSR count). The minimum absolute atomic E-state index is 0.0988. The average molecular weight is 266 g/mol. The fraction of sp³-hybridized carbons (Fsp3) is 0.615. The van der Waals surface area contributed by atoms with Crippen molar-refractivity contribution in [2.24, 2.45) is 0 Å². The van der Waals surface area contributed by atoms with Crippen LogP contribution in [0.3, 0.4) is 0 Å². The number of pyridine rings is 1. The standard InChI is InChI=1S/C13H18N2O2S/c16-18(17)8-2-4-11(9-18)15-12-6-5-10-3-1-7-14-13(10)12/h1,3,7,11-12,15H,2,4-6,8-9H2. The van der Waals surface area contributed by atoms with Crippen molar-refractivity contribution in [1.82, 2.24) is 10.3 Å². The Hall–Kier alpha value is -0.940. The van der Waals surface area contributed by atoms with Crippen LogP contribution in [-0.2, 0) is 16.3 Å². The molecule has 0 bridgehead atoms. The molecule has 2 aliphatic rings. The molecule has 1 aromatic rings. The second-order valence-corrected chi connectivity index (χ2v) is 7.49. The Labute approximate surface area is 108 Å². The van der Waals surface area contributed by atoms with Crippen LogP contribution >= 0.6 is 0 Å². The van der Waals surface area contributed by atoms with E-state index < -0.39 is 9.84 Å². The molecule has 1 aromatic heterocycles. The van der Waals surface area contributed by atoms with Gasteiger partial charge in [0.2, 0.25) is 0 Å². The van der Waals surface area contributed by atoms with Gasteiger partial charge in [0, 0.05) is 12.2 Å². The van der Waals surface area contributed by atoms with Crippen LogP contribution in [0.2, 0.25) is 0 Å². The molecule has 2 unspecified atom stereocenters. The molecule has 0 aromatic carbocycles. The zero-order valence-electron chi connectivity index (χ0n) is 10.3. The summed E-state index contributed by atoms with van der Waals surface area (Å²) in [4.78, 5) is 4.43. The lowest BCUT2D eigenvalue weighted by molar-refractivity contribution is 0.415. The first-order valence-electron chi connectivity index (χ1n) is 6.54. The lowest BCUT2D eigenvalue weighted by Gasteiger charge is -2.26. The molecule has 0 saturated carbocycles. The molecule has 18 heavy (non-hydrogen) atoms. The van der Waals surface area contributed by atoms with E-state index in [9.17, 15) is 8.42 Å². The van der Waals surface area contributed by atoms with Gasteiger partial charge in [-0.1, -0.05) is 6.07 Å². The summed E-state index contributed by atoms with van der Waals surface area (Å²) in [6.45, 7) is 0. The van der Waals surface area contributed by atoms with Crippen molar-refractivity contribution < 1.29 is 8.42 Å². The Morgan fingerprint density at radius 2 is 2.22 bits per heavy atom. The van der Waals surface area contributed by atoms with Gasteiger partial charge in [0.25, 0.3) is 0 Å². The average Bonchev–Trinajstić information content (AvgIpc) is 2.72. The number of aromatic nitrogens is 1. The summed E-state index contributed by atoms with van der Waals surface area (Å²) >= 11 is 0. The highest BCUT2D eigenvalue weighted by atomic mass is 32.2. The second-order valence-electron chi connectivity index (χ2n) is 5.26. The Morgan fingerprint density at radius 3 is 3.06 bits per heavy atom. The fourth-order valence-corrected chi connectivity index (χ4v) is 4.66. The SMILES string of the molecule is O=S1(=O)CCCC(NC2CCc3cccnc32)C1. The lowest BCUT2D eigenvalue weighted by atomic mass is 10.1. The van der Waals surface area contributed by atoms with E-state index in [0.29, 0.717) is 5.75 Å². The van der Waals surface area contributed by atoms with Gasteiger partial charge < -0.3 is 5.32 Å². The number of nitrogens with zero attached hydrogens (tertiary/aromatic N) is 1. The quantitative estimate of drug-likeness (QED) is 0.875. The maximum Gasteiger partial charge on any atom is 0.151 e. The smallest absolute Gasteiger partial charge is 0.151 e. The van der Waals surface area contributed by atoms with Crippen LogP contribution in [0.4, 0.5) is 0 Å². The van der Waals surface area contributed by atoms with Crippen LogP contribution in [0.15, 0.2) is 18.3 Å². The first-order chi connectivity index (χ1) is 8.64. The minimum Gasteiger partial charge on any atom is -0.305 e. The summed E-state index contributed by atoms with van der Waals surface area (Å²) < 4.78 is 23.2. The first kappa shape index (κ1) is 12.1. The van der Waals surface area contributed by atoms with E-state index in [4.69, 9.17) is 0 Å². The number of nitrogens with one attached hydrogen (secondary N) is 1. The fourth-order valence-electron chi connectivity index (χ4n) is 3.01. The Kier molecular flexibility index (Phi) is 3.11. The predicted octanol–water partition coefficient (Wildman–Crippen LogP) is 1.24. The van der Waals surface area contributed by atoms with Gasteiger partial charge in [0.15, 0.2) is 9.84 Å². The zero-order valence-corrected chi connectivity index (χ0v) is 11.1. The molecule has 4 nitrogen and oxygen atoms in total. The Bertz CT molecular complexity index is 542. The molecule has 98 valence electrons. The topological polar surface area (TPSA) is 59.1 Å². The third-order valence-corrected chi connectivity index (χ3v) is 5.68. The number of rotatable bonds is 2. The van der Waals surface area contributed by atoms with Crippen LogP contribution in [0.25, 0.3) is 0 Å². The number of fused-ring (bicyclic) bond motifs is 1. The molecule has 1 aliphatic heterocycles.